The first-order chi connectivity index (χ1) is 12.6. The molecule has 0 aromatic heterocycles. The quantitative estimate of drug-likeness (QED) is 0.785. The van der Waals surface area contributed by atoms with Gasteiger partial charge in [-0.1, -0.05) is 30.3 Å². The van der Waals surface area contributed by atoms with Crippen LogP contribution >= 0.6 is 0 Å². The summed E-state index contributed by atoms with van der Waals surface area (Å²) < 4.78 is 11.4. The van der Waals surface area contributed by atoms with E-state index in [-0.39, 0.29) is 11.9 Å². The van der Waals surface area contributed by atoms with Crippen molar-refractivity contribution in [3.63, 3.8) is 0 Å². The van der Waals surface area contributed by atoms with Crippen LogP contribution < -0.4 is 4.74 Å². The van der Waals surface area contributed by atoms with Crippen LogP contribution in [0.4, 0.5) is 0 Å². The van der Waals surface area contributed by atoms with Crippen LogP contribution in [0.5, 0.6) is 5.75 Å². The first-order valence-electron chi connectivity index (χ1n) is 9.01. The molecule has 0 amide bonds. The predicted molar refractivity (Wildman–Crippen MR) is 97.3 cm³/mol. The molecule has 1 aliphatic rings. The predicted octanol–water partition coefficient (Wildman–Crippen LogP) is 3.96. The summed E-state index contributed by atoms with van der Waals surface area (Å²) in [6.07, 6.45) is 3.05. The molecular formula is C21H24O5. The number of aromatic carboxylic acids is 1. The summed E-state index contributed by atoms with van der Waals surface area (Å²) in [4.78, 5) is 11.3. The Kier molecular flexibility index (Phi) is 6.26. The van der Waals surface area contributed by atoms with Gasteiger partial charge in [0.2, 0.25) is 0 Å². The van der Waals surface area contributed by atoms with Crippen molar-refractivity contribution >= 4 is 5.97 Å². The van der Waals surface area contributed by atoms with Crippen molar-refractivity contribution < 1.29 is 24.5 Å². The van der Waals surface area contributed by atoms with Crippen LogP contribution in [0.1, 0.15) is 53.3 Å². The van der Waals surface area contributed by atoms with Gasteiger partial charge in [-0.2, -0.15) is 0 Å². The Morgan fingerprint density at radius 3 is 2.81 bits per heavy atom. The van der Waals surface area contributed by atoms with Crippen LogP contribution in [0.15, 0.2) is 48.5 Å². The lowest BCUT2D eigenvalue weighted by Gasteiger charge is -2.24. The van der Waals surface area contributed by atoms with Crippen LogP contribution in [-0.2, 0) is 11.2 Å². The van der Waals surface area contributed by atoms with E-state index in [1.165, 1.54) is 0 Å². The van der Waals surface area contributed by atoms with Crippen molar-refractivity contribution in [1.29, 1.82) is 0 Å². The summed E-state index contributed by atoms with van der Waals surface area (Å²) in [5, 5.41) is 19.8. The van der Waals surface area contributed by atoms with Crippen molar-refractivity contribution in [2.75, 3.05) is 6.61 Å². The largest absolute Gasteiger partial charge is 0.478 e. The Bertz CT molecular complexity index is 737. The number of carboxylic acids is 1. The molecule has 0 radical (unpaired) electrons. The fourth-order valence-electron chi connectivity index (χ4n) is 3.16. The highest BCUT2D eigenvalue weighted by Gasteiger charge is 2.17. The smallest absolute Gasteiger partial charge is 0.335 e. The average Bonchev–Trinajstić information content (AvgIpc) is 2.67. The van der Waals surface area contributed by atoms with Gasteiger partial charge in [0.05, 0.1) is 18.3 Å². The minimum absolute atomic E-state index is 0.224. The molecule has 2 aromatic carbocycles. The van der Waals surface area contributed by atoms with Gasteiger partial charge in [-0.15, -0.1) is 0 Å². The molecule has 0 saturated carbocycles. The monoisotopic (exact) mass is 356 g/mol. The van der Waals surface area contributed by atoms with E-state index < -0.39 is 12.1 Å². The van der Waals surface area contributed by atoms with E-state index >= 15 is 0 Å². The van der Waals surface area contributed by atoms with E-state index in [4.69, 9.17) is 9.47 Å². The number of benzene rings is 2. The third-order valence-corrected chi connectivity index (χ3v) is 4.58. The standard InChI is InChI=1S/C21H24O5/c22-19(12-11-15-6-1-2-9-18(15)21(23)24)16-7-5-8-17(14-16)26-20-10-3-4-13-25-20/h1-2,5-9,14,19-20,22H,3-4,10-13H2,(H,23,24). The zero-order chi connectivity index (χ0) is 18.4. The molecule has 3 rings (SSSR count). The molecule has 1 aliphatic heterocycles. The maximum absolute atomic E-state index is 11.3. The summed E-state index contributed by atoms with van der Waals surface area (Å²) in [6, 6.07) is 14.3. The molecule has 0 spiro atoms. The first-order valence-corrected chi connectivity index (χ1v) is 9.01. The average molecular weight is 356 g/mol. The molecular weight excluding hydrogens is 332 g/mol. The van der Waals surface area contributed by atoms with E-state index in [9.17, 15) is 15.0 Å². The molecule has 5 heteroatoms. The number of aliphatic hydroxyl groups is 1. The lowest BCUT2D eigenvalue weighted by molar-refractivity contribution is -0.106. The molecule has 2 aromatic rings. The van der Waals surface area contributed by atoms with E-state index in [0.717, 1.165) is 37.0 Å². The molecule has 0 bridgehead atoms. The highest BCUT2D eigenvalue weighted by Crippen LogP contribution is 2.26. The Hall–Kier alpha value is -2.37. The normalized spacial score (nSPS) is 18.3. The van der Waals surface area contributed by atoms with Crippen LogP contribution in [0.3, 0.4) is 0 Å². The molecule has 1 heterocycles. The number of rotatable bonds is 7. The number of aryl methyl sites for hydroxylation is 1. The topological polar surface area (TPSA) is 76.0 Å². The number of ether oxygens (including phenoxy) is 2. The Morgan fingerprint density at radius 1 is 1.19 bits per heavy atom. The molecule has 2 atom stereocenters. The molecule has 0 aliphatic carbocycles. The van der Waals surface area contributed by atoms with Gasteiger partial charge in [-0.25, -0.2) is 4.79 Å². The highest BCUT2D eigenvalue weighted by atomic mass is 16.7. The van der Waals surface area contributed by atoms with E-state index in [2.05, 4.69) is 0 Å². The third-order valence-electron chi connectivity index (χ3n) is 4.58. The first kappa shape index (κ1) is 18.4. The van der Waals surface area contributed by atoms with Gasteiger partial charge in [0.25, 0.3) is 0 Å². The van der Waals surface area contributed by atoms with Gasteiger partial charge in [0.1, 0.15) is 5.75 Å². The summed E-state index contributed by atoms with van der Waals surface area (Å²) in [6.45, 7) is 0.718. The van der Waals surface area contributed by atoms with Gasteiger partial charge >= 0.3 is 5.97 Å². The molecule has 1 fully saturated rings. The lowest BCUT2D eigenvalue weighted by Crippen LogP contribution is -2.25. The Balaban J connectivity index is 1.62. The van der Waals surface area contributed by atoms with Gasteiger partial charge in [-0.3, -0.25) is 0 Å². The third kappa shape index (κ3) is 4.84. The number of carbonyl (C=O) groups is 1. The molecule has 2 unspecified atom stereocenters. The van der Waals surface area contributed by atoms with Crippen molar-refractivity contribution in [3.05, 3.63) is 65.2 Å². The minimum atomic E-state index is -0.946. The van der Waals surface area contributed by atoms with Crippen molar-refractivity contribution in [2.24, 2.45) is 0 Å². The van der Waals surface area contributed by atoms with Crippen LogP contribution in [0, 0.1) is 0 Å². The summed E-state index contributed by atoms with van der Waals surface area (Å²) in [5.41, 5.74) is 1.76. The molecule has 5 nitrogen and oxygen atoms in total. The zero-order valence-corrected chi connectivity index (χ0v) is 14.6. The lowest BCUT2D eigenvalue weighted by atomic mass is 9.98. The highest BCUT2D eigenvalue weighted by molar-refractivity contribution is 5.89. The second kappa shape index (κ2) is 8.83. The second-order valence-electron chi connectivity index (χ2n) is 6.50. The van der Waals surface area contributed by atoms with Gasteiger partial charge in [0, 0.05) is 6.42 Å². The summed E-state index contributed by atoms with van der Waals surface area (Å²) >= 11 is 0. The van der Waals surface area contributed by atoms with Crippen molar-refractivity contribution in [1.82, 2.24) is 0 Å². The number of hydrogen-bond acceptors (Lipinski definition) is 4. The Labute approximate surface area is 153 Å². The number of carboxylic acid groups (broad SMARTS) is 1. The van der Waals surface area contributed by atoms with Crippen molar-refractivity contribution in [3.8, 4) is 5.75 Å². The fourth-order valence-corrected chi connectivity index (χ4v) is 3.16. The maximum atomic E-state index is 11.3. The molecule has 26 heavy (non-hydrogen) atoms. The fraction of sp³-hybridized carbons (Fsp3) is 0.381. The Morgan fingerprint density at radius 2 is 2.04 bits per heavy atom. The zero-order valence-electron chi connectivity index (χ0n) is 14.6. The van der Waals surface area contributed by atoms with Gasteiger partial charge < -0.3 is 19.7 Å². The molecule has 138 valence electrons. The van der Waals surface area contributed by atoms with E-state index in [1.54, 1.807) is 18.2 Å². The van der Waals surface area contributed by atoms with Gasteiger partial charge in [-0.05, 0) is 55.0 Å². The summed E-state index contributed by atoms with van der Waals surface area (Å²) in [7, 11) is 0. The summed E-state index contributed by atoms with van der Waals surface area (Å²) in [5.74, 6) is -0.266. The molecule has 1 saturated heterocycles. The van der Waals surface area contributed by atoms with Crippen LogP contribution in [-0.4, -0.2) is 29.1 Å². The minimum Gasteiger partial charge on any atom is -0.478 e. The van der Waals surface area contributed by atoms with Crippen molar-refractivity contribution in [2.45, 2.75) is 44.5 Å². The van der Waals surface area contributed by atoms with Crippen LogP contribution in [0.2, 0.25) is 0 Å². The number of aliphatic hydroxyl groups excluding tert-OH is 1. The maximum Gasteiger partial charge on any atom is 0.335 e. The second-order valence-corrected chi connectivity index (χ2v) is 6.50. The van der Waals surface area contributed by atoms with Crippen LogP contribution in [0.25, 0.3) is 0 Å². The SMILES string of the molecule is O=C(O)c1ccccc1CCC(O)c1cccc(OC2CCCCO2)c1. The van der Waals surface area contributed by atoms with E-state index in [0.29, 0.717) is 18.6 Å². The van der Waals surface area contributed by atoms with E-state index in [1.807, 2.05) is 30.3 Å². The number of hydrogen-bond donors (Lipinski definition) is 2. The van der Waals surface area contributed by atoms with Gasteiger partial charge in [0.15, 0.2) is 6.29 Å². The molecule has 2 N–H and O–H groups in total.